The zero-order chi connectivity index (χ0) is 12.7. The molecule has 102 valence electrons. The van der Waals surface area contributed by atoms with Crippen molar-refractivity contribution in [1.29, 1.82) is 0 Å². The summed E-state index contributed by atoms with van der Waals surface area (Å²) < 4.78 is 42.2. The van der Waals surface area contributed by atoms with Crippen molar-refractivity contribution in [2.75, 3.05) is 39.4 Å². The predicted molar refractivity (Wildman–Crippen MR) is 60.0 cm³/mol. The van der Waals surface area contributed by atoms with Crippen LogP contribution < -0.4 is 5.32 Å². The molecule has 1 heterocycles. The summed E-state index contributed by atoms with van der Waals surface area (Å²) in [5.41, 5.74) is 0. The van der Waals surface area contributed by atoms with Crippen molar-refractivity contribution in [3.63, 3.8) is 0 Å². The molecule has 1 atom stereocenters. The van der Waals surface area contributed by atoms with Crippen LogP contribution in [0.4, 0.5) is 13.2 Å². The lowest BCUT2D eigenvalue weighted by atomic mass is 10.2. The highest BCUT2D eigenvalue weighted by Crippen LogP contribution is 2.17. The first-order valence-electron chi connectivity index (χ1n) is 6.11. The third kappa shape index (κ3) is 6.85. The number of nitrogens with zero attached hydrogens (tertiary/aromatic N) is 1. The summed E-state index contributed by atoms with van der Waals surface area (Å²) in [6.07, 6.45) is -2.66. The maximum atomic E-state index is 12.3. The van der Waals surface area contributed by atoms with E-state index in [9.17, 15) is 13.2 Å². The summed E-state index contributed by atoms with van der Waals surface area (Å²) in [6.45, 7) is 4.13. The number of alkyl halides is 3. The van der Waals surface area contributed by atoms with Gasteiger partial charge in [0.25, 0.3) is 0 Å². The Balaban J connectivity index is 2.27. The van der Waals surface area contributed by atoms with Gasteiger partial charge in [-0.2, -0.15) is 13.2 Å². The van der Waals surface area contributed by atoms with E-state index in [1.54, 1.807) is 0 Å². The molecule has 17 heavy (non-hydrogen) atoms. The molecule has 1 aliphatic heterocycles. The summed E-state index contributed by atoms with van der Waals surface area (Å²) in [7, 11) is 0. The smallest absolute Gasteiger partial charge is 0.379 e. The molecular weight excluding hydrogens is 233 g/mol. The Morgan fingerprint density at radius 1 is 1.35 bits per heavy atom. The Bertz CT molecular complexity index is 205. The minimum atomic E-state index is -4.11. The quantitative estimate of drug-likeness (QED) is 0.780. The molecule has 0 aromatic carbocycles. The van der Waals surface area contributed by atoms with Crippen LogP contribution in [0.3, 0.4) is 0 Å². The fourth-order valence-corrected chi connectivity index (χ4v) is 1.98. The number of ether oxygens (including phenoxy) is 1. The van der Waals surface area contributed by atoms with E-state index in [-0.39, 0.29) is 6.04 Å². The minimum absolute atomic E-state index is 0.191. The molecule has 1 rings (SSSR count). The van der Waals surface area contributed by atoms with Crippen LogP contribution in [-0.2, 0) is 4.74 Å². The fourth-order valence-electron chi connectivity index (χ4n) is 1.98. The van der Waals surface area contributed by atoms with Crippen molar-refractivity contribution in [2.45, 2.75) is 32.0 Å². The summed E-state index contributed by atoms with van der Waals surface area (Å²) in [4.78, 5) is 1.47. The van der Waals surface area contributed by atoms with Gasteiger partial charge in [0.2, 0.25) is 0 Å². The van der Waals surface area contributed by atoms with Crippen LogP contribution >= 0.6 is 0 Å². The van der Waals surface area contributed by atoms with Gasteiger partial charge in [-0.3, -0.25) is 4.90 Å². The van der Waals surface area contributed by atoms with Crippen LogP contribution in [0, 0.1) is 0 Å². The molecule has 0 spiro atoms. The summed E-state index contributed by atoms with van der Waals surface area (Å²) >= 11 is 0. The van der Waals surface area contributed by atoms with Gasteiger partial charge in [-0.25, -0.2) is 0 Å². The van der Waals surface area contributed by atoms with Crippen molar-refractivity contribution < 1.29 is 17.9 Å². The van der Waals surface area contributed by atoms with Crippen LogP contribution in [0.2, 0.25) is 0 Å². The Kier molecular flexibility index (Phi) is 6.22. The molecule has 1 N–H and O–H groups in total. The summed E-state index contributed by atoms with van der Waals surface area (Å²) in [6, 6.07) is 0.191. The van der Waals surface area contributed by atoms with Crippen LogP contribution in [-0.4, -0.2) is 56.5 Å². The van der Waals surface area contributed by atoms with E-state index in [0.29, 0.717) is 32.7 Å². The van der Waals surface area contributed by atoms with E-state index in [0.717, 1.165) is 13.0 Å². The molecule has 1 aliphatic rings. The molecule has 0 amide bonds. The second kappa shape index (κ2) is 7.18. The Morgan fingerprint density at radius 3 is 2.65 bits per heavy atom. The lowest BCUT2D eigenvalue weighted by Crippen LogP contribution is -2.44. The molecular formula is C11H21F3N2O. The van der Waals surface area contributed by atoms with E-state index in [1.807, 2.05) is 6.92 Å². The molecule has 0 aromatic heterocycles. The number of nitrogens with one attached hydrogen (secondary N) is 1. The van der Waals surface area contributed by atoms with Gasteiger partial charge in [-0.15, -0.1) is 0 Å². The van der Waals surface area contributed by atoms with E-state index in [4.69, 9.17) is 4.74 Å². The highest BCUT2D eigenvalue weighted by molar-refractivity contribution is 4.73. The van der Waals surface area contributed by atoms with E-state index in [1.165, 1.54) is 4.90 Å². The molecule has 1 saturated heterocycles. The van der Waals surface area contributed by atoms with E-state index < -0.39 is 12.7 Å². The first-order valence-corrected chi connectivity index (χ1v) is 6.11. The Labute approximate surface area is 100 Å². The van der Waals surface area contributed by atoms with Crippen molar-refractivity contribution in [3.05, 3.63) is 0 Å². The third-order valence-corrected chi connectivity index (χ3v) is 2.73. The van der Waals surface area contributed by atoms with Gasteiger partial charge in [-0.1, -0.05) is 6.92 Å². The van der Waals surface area contributed by atoms with Crippen molar-refractivity contribution in [2.24, 2.45) is 0 Å². The fraction of sp³-hybridized carbons (Fsp3) is 1.00. The average Bonchev–Trinajstić information content (AvgIpc) is 2.26. The molecule has 0 bridgehead atoms. The lowest BCUT2D eigenvalue weighted by molar-refractivity contribution is -0.146. The zero-order valence-electron chi connectivity index (χ0n) is 10.2. The van der Waals surface area contributed by atoms with Crippen LogP contribution in [0.25, 0.3) is 0 Å². The molecule has 0 aromatic rings. The molecule has 0 radical (unpaired) electrons. The highest BCUT2D eigenvalue weighted by Gasteiger charge is 2.30. The molecule has 6 heteroatoms. The number of hydrogen-bond donors (Lipinski definition) is 1. The molecule has 0 saturated carbocycles. The van der Waals surface area contributed by atoms with Gasteiger partial charge in [0.15, 0.2) is 0 Å². The van der Waals surface area contributed by atoms with Crippen LogP contribution in [0.15, 0.2) is 0 Å². The topological polar surface area (TPSA) is 24.5 Å². The predicted octanol–water partition coefficient (Wildman–Crippen LogP) is 1.64. The summed E-state index contributed by atoms with van der Waals surface area (Å²) in [5.74, 6) is 0. The first-order chi connectivity index (χ1) is 8.01. The average molecular weight is 254 g/mol. The van der Waals surface area contributed by atoms with Gasteiger partial charge in [-0.05, 0) is 19.4 Å². The Morgan fingerprint density at radius 2 is 2.12 bits per heavy atom. The Hall–Kier alpha value is -0.330. The van der Waals surface area contributed by atoms with Crippen molar-refractivity contribution >= 4 is 0 Å². The van der Waals surface area contributed by atoms with Gasteiger partial charge in [0.1, 0.15) is 0 Å². The molecule has 1 unspecified atom stereocenters. The van der Waals surface area contributed by atoms with Crippen molar-refractivity contribution in [3.8, 4) is 0 Å². The lowest BCUT2D eigenvalue weighted by Gasteiger charge is -2.28. The van der Waals surface area contributed by atoms with Crippen molar-refractivity contribution in [1.82, 2.24) is 10.2 Å². The van der Waals surface area contributed by atoms with Gasteiger partial charge in [0, 0.05) is 19.1 Å². The normalized spacial score (nSPS) is 22.1. The van der Waals surface area contributed by atoms with Gasteiger partial charge >= 0.3 is 6.18 Å². The second-order valence-corrected chi connectivity index (χ2v) is 4.41. The van der Waals surface area contributed by atoms with Crippen LogP contribution in [0.1, 0.15) is 19.8 Å². The highest BCUT2D eigenvalue weighted by atomic mass is 19.4. The minimum Gasteiger partial charge on any atom is -0.379 e. The number of hydrogen-bond acceptors (Lipinski definition) is 3. The summed E-state index contributed by atoms with van der Waals surface area (Å²) in [5, 5.41) is 3.25. The molecule has 0 aliphatic carbocycles. The molecule has 1 fully saturated rings. The largest absolute Gasteiger partial charge is 0.401 e. The number of rotatable bonds is 6. The first kappa shape index (κ1) is 14.7. The zero-order valence-corrected chi connectivity index (χ0v) is 10.2. The maximum Gasteiger partial charge on any atom is 0.401 e. The van der Waals surface area contributed by atoms with Gasteiger partial charge < -0.3 is 10.1 Å². The SMILES string of the molecule is CCCN(CCC1COCCN1)CC(F)(F)F. The number of morpholine rings is 1. The van der Waals surface area contributed by atoms with E-state index in [2.05, 4.69) is 5.32 Å². The van der Waals surface area contributed by atoms with E-state index >= 15 is 0 Å². The standard InChI is InChI=1S/C11H21F3N2O/c1-2-5-16(9-11(12,13)14)6-3-10-8-17-7-4-15-10/h10,15H,2-9H2,1H3. The third-order valence-electron chi connectivity index (χ3n) is 2.73. The monoisotopic (exact) mass is 254 g/mol. The maximum absolute atomic E-state index is 12.3. The number of halogens is 3. The second-order valence-electron chi connectivity index (χ2n) is 4.41. The van der Waals surface area contributed by atoms with Gasteiger partial charge in [0.05, 0.1) is 19.8 Å². The molecule has 3 nitrogen and oxygen atoms in total. The van der Waals surface area contributed by atoms with Crippen LogP contribution in [0.5, 0.6) is 0 Å².